The average molecular weight is 568 g/mol. The van der Waals surface area contributed by atoms with Crippen molar-refractivity contribution < 1.29 is 9.59 Å². The fourth-order valence-electron chi connectivity index (χ4n) is 3.89. The molecule has 0 aromatic heterocycles. The number of carbonyl (C=O) groups is 2. The summed E-state index contributed by atoms with van der Waals surface area (Å²) in [6.07, 6.45) is 1.69. The summed E-state index contributed by atoms with van der Waals surface area (Å²) in [5.74, 6) is 1.46. The summed E-state index contributed by atoms with van der Waals surface area (Å²) < 4.78 is 0.953. The number of nitrogens with zero attached hydrogens (tertiary/aromatic N) is 1. The summed E-state index contributed by atoms with van der Waals surface area (Å²) in [4.78, 5) is 28.9. The quantitative estimate of drug-likeness (QED) is 0.236. The molecular formula is C30H35BrN2O2S. The number of carbonyl (C=O) groups excluding carboxylic acids is 2. The molecule has 3 rings (SSSR count). The predicted octanol–water partition coefficient (Wildman–Crippen LogP) is 6.63. The van der Waals surface area contributed by atoms with E-state index in [0.717, 1.165) is 27.8 Å². The summed E-state index contributed by atoms with van der Waals surface area (Å²) in [7, 11) is 0. The number of hydrogen-bond donors (Lipinski definition) is 1. The largest absolute Gasteiger partial charge is 0.352 e. The van der Waals surface area contributed by atoms with Crippen LogP contribution in [-0.2, 0) is 28.3 Å². The Kier molecular flexibility index (Phi) is 11.6. The summed E-state index contributed by atoms with van der Waals surface area (Å²) in [5, 5.41) is 3.12. The van der Waals surface area contributed by atoms with Gasteiger partial charge in [-0.3, -0.25) is 9.59 Å². The first kappa shape index (κ1) is 28.0. The van der Waals surface area contributed by atoms with E-state index in [4.69, 9.17) is 0 Å². The van der Waals surface area contributed by atoms with E-state index >= 15 is 0 Å². The number of rotatable bonds is 13. The molecule has 0 unspecified atom stereocenters. The van der Waals surface area contributed by atoms with Crippen LogP contribution in [0.3, 0.4) is 0 Å². The summed E-state index contributed by atoms with van der Waals surface area (Å²) in [6, 6.07) is 27.6. The van der Waals surface area contributed by atoms with Crippen molar-refractivity contribution in [2.75, 3.05) is 5.75 Å². The van der Waals surface area contributed by atoms with Gasteiger partial charge in [0.1, 0.15) is 6.04 Å². The van der Waals surface area contributed by atoms with Crippen molar-refractivity contribution >= 4 is 39.5 Å². The van der Waals surface area contributed by atoms with E-state index in [-0.39, 0.29) is 17.9 Å². The third-order valence-electron chi connectivity index (χ3n) is 6.09. The van der Waals surface area contributed by atoms with Crippen LogP contribution < -0.4 is 5.32 Å². The number of amides is 2. The monoisotopic (exact) mass is 566 g/mol. The second-order valence-electron chi connectivity index (χ2n) is 8.96. The Morgan fingerprint density at radius 3 is 2.19 bits per heavy atom. The Morgan fingerprint density at radius 2 is 1.56 bits per heavy atom. The zero-order chi connectivity index (χ0) is 25.8. The topological polar surface area (TPSA) is 49.4 Å². The molecule has 0 saturated heterocycles. The van der Waals surface area contributed by atoms with E-state index in [9.17, 15) is 9.59 Å². The lowest BCUT2D eigenvalue weighted by molar-refractivity contribution is -0.141. The molecule has 0 aliphatic heterocycles. The van der Waals surface area contributed by atoms with Crippen LogP contribution >= 0.6 is 27.7 Å². The van der Waals surface area contributed by atoms with Crippen LogP contribution in [0.5, 0.6) is 0 Å². The van der Waals surface area contributed by atoms with E-state index in [1.807, 2.05) is 86.6 Å². The Balaban J connectivity index is 1.80. The van der Waals surface area contributed by atoms with Crippen LogP contribution in [0, 0.1) is 0 Å². The van der Waals surface area contributed by atoms with E-state index in [2.05, 4.69) is 33.4 Å². The molecule has 0 fully saturated rings. The molecule has 0 spiro atoms. The summed E-state index contributed by atoms with van der Waals surface area (Å²) >= 11 is 5.28. The van der Waals surface area contributed by atoms with Crippen molar-refractivity contribution in [1.29, 1.82) is 0 Å². The molecular weight excluding hydrogens is 532 g/mol. The lowest BCUT2D eigenvalue weighted by atomic mass is 10.0. The van der Waals surface area contributed by atoms with E-state index < -0.39 is 6.04 Å². The zero-order valence-corrected chi connectivity index (χ0v) is 23.4. The molecule has 6 heteroatoms. The van der Waals surface area contributed by atoms with Crippen molar-refractivity contribution in [1.82, 2.24) is 10.2 Å². The summed E-state index contributed by atoms with van der Waals surface area (Å²) in [6.45, 7) is 4.43. The van der Waals surface area contributed by atoms with Gasteiger partial charge in [0.05, 0.1) is 0 Å². The standard InChI is InChI=1S/C30H35BrN2O2S/c1-3-23(2)32-30(35)28(20-24-11-6-4-7-12-24)33(21-26-15-10-16-27(31)19-26)29(34)17-18-36-22-25-13-8-5-9-14-25/h4-16,19,23,28H,3,17-18,20-22H2,1-2H3,(H,32,35)/t23-,28+/m0/s1. The van der Waals surface area contributed by atoms with Gasteiger partial charge in [0, 0.05) is 41.4 Å². The average Bonchev–Trinajstić information content (AvgIpc) is 2.89. The molecule has 3 aromatic carbocycles. The van der Waals surface area contributed by atoms with Crippen LogP contribution in [0.1, 0.15) is 43.4 Å². The Labute approximate surface area is 228 Å². The third-order valence-corrected chi connectivity index (χ3v) is 7.61. The van der Waals surface area contributed by atoms with Gasteiger partial charge in [-0.05, 0) is 42.2 Å². The second-order valence-corrected chi connectivity index (χ2v) is 11.0. The SMILES string of the molecule is CC[C@H](C)NC(=O)[C@@H](Cc1ccccc1)N(Cc1cccc(Br)c1)C(=O)CCSCc1ccccc1. The molecule has 4 nitrogen and oxygen atoms in total. The minimum absolute atomic E-state index is 0.00392. The Bertz CT molecular complexity index is 1090. The molecule has 0 heterocycles. The number of benzene rings is 3. The van der Waals surface area contributed by atoms with Crippen molar-refractivity contribution in [2.24, 2.45) is 0 Å². The van der Waals surface area contributed by atoms with Gasteiger partial charge in [-0.1, -0.05) is 95.7 Å². The molecule has 2 amide bonds. The number of hydrogen-bond acceptors (Lipinski definition) is 3. The van der Waals surface area contributed by atoms with Crippen LogP contribution in [0.2, 0.25) is 0 Å². The predicted molar refractivity (Wildman–Crippen MR) is 154 cm³/mol. The minimum Gasteiger partial charge on any atom is -0.352 e. The highest BCUT2D eigenvalue weighted by Gasteiger charge is 2.30. The maximum Gasteiger partial charge on any atom is 0.243 e. The second kappa shape index (κ2) is 14.9. The molecule has 0 radical (unpaired) electrons. The first-order chi connectivity index (χ1) is 17.5. The van der Waals surface area contributed by atoms with Gasteiger partial charge in [-0.25, -0.2) is 0 Å². The number of halogens is 1. The molecule has 0 aliphatic rings. The van der Waals surface area contributed by atoms with Crippen LogP contribution in [0.15, 0.2) is 89.4 Å². The molecule has 0 bridgehead atoms. The van der Waals surface area contributed by atoms with Gasteiger partial charge in [0.2, 0.25) is 11.8 Å². The molecule has 2 atom stereocenters. The van der Waals surface area contributed by atoms with Crippen molar-refractivity contribution in [3.8, 4) is 0 Å². The minimum atomic E-state index is -0.591. The van der Waals surface area contributed by atoms with E-state index in [1.165, 1.54) is 5.56 Å². The normalized spacial score (nSPS) is 12.5. The van der Waals surface area contributed by atoms with Gasteiger partial charge >= 0.3 is 0 Å². The van der Waals surface area contributed by atoms with Crippen molar-refractivity contribution in [3.63, 3.8) is 0 Å². The van der Waals surface area contributed by atoms with Gasteiger partial charge in [0.15, 0.2) is 0 Å². The third kappa shape index (κ3) is 9.14. The highest BCUT2D eigenvalue weighted by atomic mass is 79.9. The van der Waals surface area contributed by atoms with Crippen molar-refractivity contribution in [3.05, 3.63) is 106 Å². The van der Waals surface area contributed by atoms with Gasteiger partial charge < -0.3 is 10.2 Å². The molecule has 190 valence electrons. The van der Waals surface area contributed by atoms with Gasteiger partial charge in [-0.2, -0.15) is 11.8 Å². The van der Waals surface area contributed by atoms with Crippen LogP contribution in [-0.4, -0.2) is 34.6 Å². The maximum atomic E-state index is 13.7. The van der Waals surface area contributed by atoms with E-state index in [0.29, 0.717) is 25.1 Å². The summed E-state index contributed by atoms with van der Waals surface area (Å²) in [5.41, 5.74) is 3.27. The van der Waals surface area contributed by atoms with Crippen LogP contribution in [0.4, 0.5) is 0 Å². The lowest BCUT2D eigenvalue weighted by Crippen LogP contribution is -2.52. The zero-order valence-electron chi connectivity index (χ0n) is 21.0. The highest BCUT2D eigenvalue weighted by Crippen LogP contribution is 2.20. The van der Waals surface area contributed by atoms with E-state index in [1.54, 1.807) is 16.7 Å². The molecule has 3 aromatic rings. The highest BCUT2D eigenvalue weighted by molar-refractivity contribution is 9.10. The number of thioether (sulfide) groups is 1. The first-order valence-electron chi connectivity index (χ1n) is 12.5. The smallest absolute Gasteiger partial charge is 0.243 e. The Morgan fingerprint density at radius 1 is 0.917 bits per heavy atom. The Hall–Kier alpha value is -2.57. The van der Waals surface area contributed by atoms with Gasteiger partial charge in [0.25, 0.3) is 0 Å². The fraction of sp³-hybridized carbons (Fsp3) is 0.333. The molecule has 0 saturated carbocycles. The molecule has 36 heavy (non-hydrogen) atoms. The van der Waals surface area contributed by atoms with Crippen molar-refractivity contribution in [2.45, 2.75) is 57.5 Å². The number of nitrogens with one attached hydrogen (secondary N) is 1. The fourth-order valence-corrected chi connectivity index (χ4v) is 5.23. The first-order valence-corrected chi connectivity index (χ1v) is 14.4. The lowest BCUT2D eigenvalue weighted by Gasteiger charge is -2.32. The maximum absolute atomic E-state index is 13.7. The molecule has 0 aliphatic carbocycles. The van der Waals surface area contributed by atoms with Crippen LogP contribution in [0.25, 0.3) is 0 Å². The van der Waals surface area contributed by atoms with Gasteiger partial charge in [-0.15, -0.1) is 0 Å². The molecule has 1 N–H and O–H groups in total.